The van der Waals surface area contributed by atoms with Crippen molar-refractivity contribution in [1.29, 1.82) is 0 Å². The molecule has 1 aliphatic rings. The third-order valence-electron chi connectivity index (χ3n) is 5.38. The molecule has 0 aliphatic carbocycles. The molecule has 1 atom stereocenters. The average Bonchev–Trinajstić information content (AvgIpc) is 2.78. The van der Waals surface area contributed by atoms with E-state index in [4.69, 9.17) is 9.47 Å². The fraction of sp³-hybridized carbons (Fsp3) is 0.435. The van der Waals surface area contributed by atoms with Gasteiger partial charge in [-0.1, -0.05) is 36.4 Å². The zero-order valence-electron chi connectivity index (χ0n) is 18.1. The van der Waals surface area contributed by atoms with Crippen molar-refractivity contribution in [2.45, 2.75) is 19.5 Å². The van der Waals surface area contributed by atoms with Crippen molar-refractivity contribution in [1.82, 2.24) is 15.5 Å². The van der Waals surface area contributed by atoms with Gasteiger partial charge in [0.1, 0.15) is 5.75 Å². The lowest BCUT2D eigenvalue weighted by molar-refractivity contribution is 0.0170. The van der Waals surface area contributed by atoms with Gasteiger partial charge in [0, 0.05) is 33.2 Å². The molecule has 1 heterocycles. The Labute approximate surface area is 197 Å². The minimum Gasteiger partial charge on any atom is -0.497 e. The molecule has 0 bridgehead atoms. The highest BCUT2D eigenvalue weighted by atomic mass is 127. The third-order valence-corrected chi connectivity index (χ3v) is 5.38. The molecule has 6 nitrogen and oxygen atoms in total. The maximum Gasteiger partial charge on any atom is 0.191 e. The summed E-state index contributed by atoms with van der Waals surface area (Å²) < 4.78 is 10.9. The van der Waals surface area contributed by atoms with Gasteiger partial charge in [0.25, 0.3) is 0 Å². The number of aliphatic imine (C=N–C) groups is 1. The number of methoxy groups -OCH3 is 1. The van der Waals surface area contributed by atoms with Gasteiger partial charge in [-0.3, -0.25) is 9.89 Å². The second kappa shape index (κ2) is 12.8. The van der Waals surface area contributed by atoms with Crippen LogP contribution in [0.2, 0.25) is 0 Å². The first-order valence-corrected chi connectivity index (χ1v) is 10.2. The zero-order chi connectivity index (χ0) is 20.5. The van der Waals surface area contributed by atoms with Gasteiger partial charge in [0.2, 0.25) is 0 Å². The molecule has 1 aliphatic heterocycles. The topological polar surface area (TPSA) is 58.1 Å². The van der Waals surface area contributed by atoms with Crippen LogP contribution in [0.25, 0.3) is 0 Å². The van der Waals surface area contributed by atoms with Crippen LogP contribution in [0, 0.1) is 6.92 Å². The van der Waals surface area contributed by atoms with Crippen LogP contribution in [-0.2, 0) is 11.3 Å². The molecular formula is C23H33IN4O2. The standard InChI is InChI=1S/C23H32N4O2.HI/c1-18-6-4-5-7-20(18)16-25-23(24-2)26-17-22(27-12-14-29-15-13-27)19-8-10-21(28-3)11-9-19;/h4-11,22H,12-17H2,1-3H3,(H2,24,25,26);1H. The smallest absolute Gasteiger partial charge is 0.191 e. The van der Waals surface area contributed by atoms with Crippen molar-refractivity contribution in [2.24, 2.45) is 4.99 Å². The summed E-state index contributed by atoms with van der Waals surface area (Å²) in [5.41, 5.74) is 3.81. The largest absolute Gasteiger partial charge is 0.497 e. The zero-order valence-corrected chi connectivity index (χ0v) is 20.4. The minimum atomic E-state index is 0. The van der Waals surface area contributed by atoms with Crippen molar-refractivity contribution >= 4 is 29.9 Å². The van der Waals surface area contributed by atoms with Gasteiger partial charge in [-0.25, -0.2) is 0 Å². The Morgan fingerprint density at radius 2 is 1.80 bits per heavy atom. The van der Waals surface area contributed by atoms with Gasteiger partial charge < -0.3 is 20.1 Å². The van der Waals surface area contributed by atoms with Crippen LogP contribution in [0.15, 0.2) is 53.5 Å². The van der Waals surface area contributed by atoms with Gasteiger partial charge in [-0.2, -0.15) is 0 Å². The van der Waals surface area contributed by atoms with E-state index in [-0.39, 0.29) is 30.0 Å². The Morgan fingerprint density at radius 3 is 2.43 bits per heavy atom. The minimum absolute atomic E-state index is 0. The molecule has 7 heteroatoms. The first kappa shape index (κ1) is 24.4. The number of rotatable bonds is 7. The van der Waals surface area contributed by atoms with Crippen LogP contribution in [0.3, 0.4) is 0 Å². The average molecular weight is 524 g/mol. The number of ether oxygens (including phenoxy) is 2. The SMILES string of the molecule is CN=C(NCc1ccccc1C)NCC(c1ccc(OC)cc1)N1CCOCC1.I. The molecule has 1 fully saturated rings. The molecule has 0 amide bonds. The summed E-state index contributed by atoms with van der Waals surface area (Å²) in [5.74, 6) is 1.68. The van der Waals surface area contributed by atoms with Crippen molar-refractivity contribution < 1.29 is 9.47 Å². The summed E-state index contributed by atoms with van der Waals surface area (Å²) in [5, 5.41) is 6.94. The van der Waals surface area contributed by atoms with E-state index in [1.807, 2.05) is 19.2 Å². The predicted octanol–water partition coefficient (Wildman–Crippen LogP) is 3.36. The number of hydrogen-bond acceptors (Lipinski definition) is 4. The number of guanidine groups is 1. The molecular weight excluding hydrogens is 491 g/mol. The van der Waals surface area contributed by atoms with E-state index in [0.29, 0.717) is 0 Å². The van der Waals surface area contributed by atoms with Crippen molar-refractivity contribution in [2.75, 3.05) is 47.0 Å². The van der Waals surface area contributed by atoms with Gasteiger partial charge in [0.05, 0.1) is 26.4 Å². The van der Waals surface area contributed by atoms with Gasteiger partial charge in [-0.05, 0) is 35.7 Å². The summed E-state index contributed by atoms with van der Waals surface area (Å²) >= 11 is 0. The van der Waals surface area contributed by atoms with Crippen LogP contribution >= 0.6 is 24.0 Å². The molecule has 0 aromatic heterocycles. The van der Waals surface area contributed by atoms with Crippen molar-refractivity contribution in [3.8, 4) is 5.75 Å². The quantitative estimate of drug-likeness (QED) is 0.331. The molecule has 0 radical (unpaired) electrons. The number of aryl methyl sites for hydroxylation is 1. The lowest BCUT2D eigenvalue weighted by Gasteiger charge is -2.35. The highest BCUT2D eigenvalue weighted by molar-refractivity contribution is 14.0. The second-order valence-electron chi connectivity index (χ2n) is 7.17. The molecule has 30 heavy (non-hydrogen) atoms. The van der Waals surface area contributed by atoms with E-state index in [9.17, 15) is 0 Å². The van der Waals surface area contributed by atoms with Gasteiger partial charge in [-0.15, -0.1) is 24.0 Å². The normalized spacial score (nSPS) is 15.8. The summed E-state index contributed by atoms with van der Waals surface area (Å²) in [4.78, 5) is 6.87. The highest BCUT2D eigenvalue weighted by Crippen LogP contribution is 2.23. The monoisotopic (exact) mass is 524 g/mol. The van der Waals surface area contributed by atoms with Crippen LogP contribution in [-0.4, -0.2) is 57.9 Å². The number of nitrogens with one attached hydrogen (secondary N) is 2. The number of hydrogen-bond donors (Lipinski definition) is 2. The van der Waals surface area contributed by atoms with Crippen molar-refractivity contribution in [3.63, 3.8) is 0 Å². The maximum atomic E-state index is 5.55. The van der Waals surface area contributed by atoms with Gasteiger partial charge >= 0.3 is 0 Å². The van der Waals surface area contributed by atoms with Crippen LogP contribution in [0.5, 0.6) is 5.75 Å². The first-order valence-electron chi connectivity index (χ1n) is 10.2. The fourth-order valence-electron chi connectivity index (χ4n) is 3.57. The number of halogens is 1. The Hall–Kier alpha value is -1.84. The number of morpholine rings is 1. The van der Waals surface area contributed by atoms with Crippen LogP contribution in [0.4, 0.5) is 0 Å². The predicted molar refractivity (Wildman–Crippen MR) is 133 cm³/mol. The molecule has 0 saturated carbocycles. The number of nitrogens with zero attached hydrogens (tertiary/aromatic N) is 2. The number of benzene rings is 2. The van der Waals surface area contributed by atoms with E-state index < -0.39 is 0 Å². The summed E-state index contributed by atoms with van der Waals surface area (Å²) in [6.07, 6.45) is 0. The lowest BCUT2D eigenvalue weighted by atomic mass is 10.0. The lowest BCUT2D eigenvalue weighted by Crippen LogP contribution is -2.46. The molecule has 2 aromatic rings. The summed E-state index contributed by atoms with van der Waals surface area (Å²) in [7, 11) is 3.50. The van der Waals surface area contributed by atoms with E-state index in [2.05, 4.69) is 63.8 Å². The molecule has 2 aromatic carbocycles. The fourth-order valence-corrected chi connectivity index (χ4v) is 3.57. The van der Waals surface area contributed by atoms with Crippen LogP contribution < -0.4 is 15.4 Å². The van der Waals surface area contributed by atoms with Crippen LogP contribution in [0.1, 0.15) is 22.7 Å². The first-order chi connectivity index (χ1) is 14.2. The molecule has 1 unspecified atom stereocenters. The summed E-state index contributed by atoms with van der Waals surface area (Å²) in [6.45, 7) is 7.03. The molecule has 3 rings (SSSR count). The Morgan fingerprint density at radius 1 is 1.10 bits per heavy atom. The molecule has 2 N–H and O–H groups in total. The maximum absolute atomic E-state index is 5.55. The van der Waals surface area contributed by atoms with Gasteiger partial charge in [0.15, 0.2) is 5.96 Å². The van der Waals surface area contributed by atoms with E-state index in [1.165, 1.54) is 16.7 Å². The van der Waals surface area contributed by atoms with E-state index >= 15 is 0 Å². The summed E-state index contributed by atoms with van der Waals surface area (Å²) in [6, 6.07) is 17.0. The molecule has 1 saturated heterocycles. The highest BCUT2D eigenvalue weighted by Gasteiger charge is 2.23. The van der Waals surface area contributed by atoms with Crippen molar-refractivity contribution in [3.05, 3.63) is 65.2 Å². The second-order valence-corrected chi connectivity index (χ2v) is 7.17. The molecule has 164 valence electrons. The third kappa shape index (κ3) is 6.85. The Kier molecular flexibility index (Phi) is 10.4. The Bertz CT molecular complexity index is 792. The molecule has 0 spiro atoms. The van der Waals surface area contributed by atoms with E-state index in [1.54, 1.807) is 7.11 Å². The Balaban J connectivity index is 0.00000320. The van der Waals surface area contributed by atoms with E-state index in [0.717, 1.165) is 51.1 Å².